The van der Waals surface area contributed by atoms with Crippen molar-refractivity contribution in [3.05, 3.63) is 75.9 Å². The maximum atomic E-state index is 13.1. The lowest BCUT2D eigenvalue weighted by Crippen LogP contribution is -2.19. The van der Waals surface area contributed by atoms with Crippen LogP contribution in [0.4, 0.5) is 0 Å². The van der Waals surface area contributed by atoms with Crippen LogP contribution in [0.2, 0.25) is 0 Å². The lowest BCUT2D eigenvalue weighted by Gasteiger charge is -2.20. The van der Waals surface area contributed by atoms with Crippen molar-refractivity contribution in [1.82, 2.24) is 9.97 Å². The molecule has 0 unspecified atom stereocenters. The van der Waals surface area contributed by atoms with Crippen LogP contribution in [-0.2, 0) is 0 Å². The van der Waals surface area contributed by atoms with Crippen molar-refractivity contribution < 1.29 is 4.79 Å². The van der Waals surface area contributed by atoms with Gasteiger partial charge in [-0.1, -0.05) is 42.0 Å². The molecular formula is C25H24N2O. The van der Waals surface area contributed by atoms with Gasteiger partial charge in [-0.25, -0.2) is 9.97 Å². The molecule has 2 aromatic rings. The lowest BCUT2D eigenvalue weighted by molar-refractivity contribution is 0.103. The van der Waals surface area contributed by atoms with E-state index in [0.29, 0.717) is 17.0 Å². The van der Waals surface area contributed by atoms with Crippen molar-refractivity contribution in [2.45, 2.75) is 51.4 Å². The minimum absolute atomic E-state index is 0.0448. The van der Waals surface area contributed by atoms with Crippen LogP contribution in [0.5, 0.6) is 0 Å². The van der Waals surface area contributed by atoms with Crippen molar-refractivity contribution in [3.63, 3.8) is 0 Å². The molecular weight excluding hydrogens is 344 g/mol. The van der Waals surface area contributed by atoms with Crippen LogP contribution >= 0.6 is 0 Å². The third kappa shape index (κ3) is 2.95. The molecule has 28 heavy (non-hydrogen) atoms. The first kappa shape index (κ1) is 17.3. The summed E-state index contributed by atoms with van der Waals surface area (Å²) in [5, 5.41) is 0. The molecule has 3 nitrogen and oxygen atoms in total. The first-order chi connectivity index (χ1) is 13.7. The summed E-state index contributed by atoms with van der Waals surface area (Å²) in [5.41, 5.74) is 8.02. The largest absolute Gasteiger partial charge is 0.287 e. The van der Waals surface area contributed by atoms with Crippen molar-refractivity contribution in [2.75, 3.05) is 0 Å². The second-order valence-electron chi connectivity index (χ2n) is 8.06. The van der Waals surface area contributed by atoms with Crippen molar-refractivity contribution in [3.8, 4) is 0 Å². The molecule has 0 spiro atoms. The van der Waals surface area contributed by atoms with E-state index in [4.69, 9.17) is 9.97 Å². The van der Waals surface area contributed by atoms with E-state index in [0.717, 1.165) is 48.2 Å². The van der Waals surface area contributed by atoms with Gasteiger partial charge in [-0.05, 0) is 69.1 Å². The fourth-order valence-electron chi connectivity index (χ4n) is 4.58. The second-order valence-corrected chi connectivity index (χ2v) is 8.06. The molecule has 1 aromatic carbocycles. The fourth-order valence-corrected chi connectivity index (χ4v) is 4.58. The summed E-state index contributed by atoms with van der Waals surface area (Å²) in [6, 6.07) is 7.64. The van der Waals surface area contributed by atoms with Crippen LogP contribution in [0.15, 0.2) is 42.0 Å². The average Bonchev–Trinajstić information content (AvgIpc) is 3.41. The number of carbonyl (C=O) groups is 1. The van der Waals surface area contributed by atoms with Gasteiger partial charge in [0.2, 0.25) is 5.78 Å². The monoisotopic (exact) mass is 368 g/mol. The minimum Gasteiger partial charge on any atom is -0.287 e. The summed E-state index contributed by atoms with van der Waals surface area (Å²) in [4.78, 5) is 22.9. The Bertz CT molecular complexity index is 958. The zero-order chi connectivity index (χ0) is 19.1. The molecule has 140 valence electrons. The highest BCUT2D eigenvalue weighted by molar-refractivity contribution is 6.17. The maximum absolute atomic E-state index is 13.1. The smallest absolute Gasteiger partial charge is 0.214 e. The molecule has 0 amide bonds. The second kappa shape index (κ2) is 6.97. The summed E-state index contributed by atoms with van der Waals surface area (Å²) < 4.78 is 0. The van der Waals surface area contributed by atoms with Gasteiger partial charge in [-0.2, -0.15) is 0 Å². The zero-order valence-electron chi connectivity index (χ0n) is 16.1. The van der Waals surface area contributed by atoms with Crippen molar-refractivity contribution in [2.24, 2.45) is 0 Å². The molecule has 0 saturated heterocycles. The van der Waals surface area contributed by atoms with Gasteiger partial charge in [0.25, 0.3) is 0 Å². The quantitative estimate of drug-likeness (QED) is 0.557. The molecule has 0 bridgehead atoms. The summed E-state index contributed by atoms with van der Waals surface area (Å²) in [5.74, 6) is -0.0448. The molecule has 0 N–H and O–H groups in total. The number of ketones is 1. The van der Waals surface area contributed by atoms with Crippen LogP contribution in [0.25, 0.3) is 17.7 Å². The van der Waals surface area contributed by atoms with E-state index >= 15 is 0 Å². The highest BCUT2D eigenvalue weighted by Gasteiger charge is 2.29. The number of hydrogen-bond donors (Lipinski definition) is 0. The van der Waals surface area contributed by atoms with E-state index in [1.807, 2.05) is 24.3 Å². The fraction of sp³-hybridized carbons (Fsp3) is 0.320. The van der Waals surface area contributed by atoms with Gasteiger partial charge < -0.3 is 0 Å². The predicted molar refractivity (Wildman–Crippen MR) is 113 cm³/mol. The minimum atomic E-state index is -0.0448. The van der Waals surface area contributed by atoms with Gasteiger partial charge >= 0.3 is 0 Å². The Balaban J connectivity index is 1.68. The number of allylic oxidation sites excluding steroid dienone is 2. The molecule has 0 radical (unpaired) electrons. The van der Waals surface area contributed by atoms with E-state index in [9.17, 15) is 4.79 Å². The van der Waals surface area contributed by atoms with E-state index in [2.05, 4.69) is 18.7 Å². The number of benzene rings is 1. The molecule has 5 rings (SSSR count). The molecule has 3 heteroatoms. The topological polar surface area (TPSA) is 42.9 Å². The summed E-state index contributed by atoms with van der Waals surface area (Å²) >= 11 is 0. The van der Waals surface area contributed by atoms with Crippen molar-refractivity contribution in [1.29, 1.82) is 0 Å². The van der Waals surface area contributed by atoms with Gasteiger partial charge in [0.1, 0.15) is 11.4 Å². The molecule has 2 fully saturated rings. The van der Waals surface area contributed by atoms with E-state index in [1.165, 1.54) is 36.8 Å². The molecule has 1 aromatic heterocycles. The number of aromatic nitrogens is 2. The Labute approximate surface area is 165 Å². The van der Waals surface area contributed by atoms with Gasteiger partial charge in [0.15, 0.2) is 0 Å². The molecule has 0 aliphatic heterocycles. The molecule has 3 aliphatic rings. The molecule has 1 heterocycles. The molecule has 3 aliphatic carbocycles. The highest BCUT2D eigenvalue weighted by Crippen LogP contribution is 2.35. The number of hydrogen-bond acceptors (Lipinski definition) is 3. The average molecular weight is 368 g/mol. The Kier molecular flexibility index (Phi) is 4.31. The first-order valence-corrected chi connectivity index (χ1v) is 10.3. The van der Waals surface area contributed by atoms with E-state index in [1.54, 1.807) is 0 Å². The normalized spacial score (nSPS) is 18.3. The highest BCUT2D eigenvalue weighted by atomic mass is 16.1. The standard InChI is InChI=1S/C25H24N2O/c1-16-19-12-6-7-13-20(19)25(28)24-23(16)26-21(14-17-8-2-3-9-17)22(27-24)15-18-10-4-5-11-18/h6-7,12-15H,1-5,8-11H2. The number of nitrogens with zero attached hydrogens (tertiary/aromatic N) is 2. The van der Waals surface area contributed by atoms with Crippen LogP contribution in [0.3, 0.4) is 0 Å². The summed E-state index contributed by atoms with van der Waals surface area (Å²) in [7, 11) is 0. The maximum Gasteiger partial charge on any atom is 0.214 e. The predicted octanol–water partition coefficient (Wildman–Crippen LogP) is 6.00. The van der Waals surface area contributed by atoms with Gasteiger partial charge in [-0.3, -0.25) is 4.79 Å². The van der Waals surface area contributed by atoms with Crippen LogP contribution in [-0.4, -0.2) is 15.8 Å². The van der Waals surface area contributed by atoms with E-state index < -0.39 is 0 Å². The summed E-state index contributed by atoms with van der Waals surface area (Å²) in [6.07, 6.45) is 13.9. The van der Waals surface area contributed by atoms with Crippen LogP contribution in [0.1, 0.15) is 90.1 Å². The Hall–Kier alpha value is -2.81. The SMILES string of the molecule is C=C1c2ccccc2C(=O)c2nc(C=C3CCCC3)c(C=C3CCCC3)nc21. The Morgan fingerprint density at radius 3 is 1.82 bits per heavy atom. The van der Waals surface area contributed by atoms with Crippen molar-refractivity contribution >= 4 is 23.5 Å². The zero-order valence-corrected chi connectivity index (χ0v) is 16.1. The van der Waals surface area contributed by atoms with E-state index in [-0.39, 0.29) is 5.78 Å². The van der Waals surface area contributed by atoms with Crippen LogP contribution in [0, 0.1) is 0 Å². The number of carbonyl (C=O) groups excluding carboxylic acids is 1. The number of rotatable bonds is 2. The lowest BCUT2D eigenvalue weighted by atomic mass is 9.87. The van der Waals surface area contributed by atoms with Crippen LogP contribution < -0.4 is 0 Å². The Morgan fingerprint density at radius 1 is 0.750 bits per heavy atom. The number of fused-ring (bicyclic) bond motifs is 2. The van der Waals surface area contributed by atoms with Gasteiger partial charge in [0, 0.05) is 11.1 Å². The third-order valence-corrected chi connectivity index (χ3v) is 6.12. The van der Waals surface area contributed by atoms with Gasteiger partial charge in [0.05, 0.1) is 11.4 Å². The molecule has 0 atom stereocenters. The summed E-state index contributed by atoms with van der Waals surface area (Å²) in [6.45, 7) is 4.25. The first-order valence-electron chi connectivity index (χ1n) is 10.3. The van der Waals surface area contributed by atoms with Gasteiger partial charge in [-0.15, -0.1) is 0 Å². The Morgan fingerprint density at radius 2 is 1.25 bits per heavy atom. The third-order valence-electron chi connectivity index (χ3n) is 6.12. The molecule has 2 saturated carbocycles.